The average molecular weight is 344 g/mol. The molecule has 2 rings (SSSR count). The molecule has 2 aromatic rings. The predicted octanol–water partition coefficient (Wildman–Crippen LogP) is -0.286. The van der Waals surface area contributed by atoms with Crippen molar-refractivity contribution < 1.29 is 42.5 Å². The summed E-state index contributed by atoms with van der Waals surface area (Å²) in [5.74, 6) is 0. The summed E-state index contributed by atoms with van der Waals surface area (Å²) < 4.78 is 25.2. The Kier molecular flexibility index (Phi) is 10.4. The van der Waals surface area contributed by atoms with E-state index < -0.39 is 19.3 Å². The molecule has 0 saturated carbocycles. The van der Waals surface area contributed by atoms with E-state index in [1.807, 2.05) is 12.1 Å². The molecular weight excluding hydrogens is 326 g/mol. The van der Waals surface area contributed by atoms with Gasteiger partial charge in [-0.15, -0.1) is 0 Å². The van der Waals surface area contributed by atoms with Gasteiger partial charge in [-0.3, -0.25) is 0 Å². The van der Waals surface area contributed by atoms with E-state index in [0.29, 0.717) is 0 Å². The zero-order chi connectivity index (χ0) is 14.9. The van der Waals surface area contributed by atoms with Crippen molar-refractivity contribution in [3.05, 3.63) is 60.7 Å². The van der Waals surface area contributed by atoms with Crippen LogP contribution in [0, 0.1) is 0 Å². The van der Waals surface area contributed by atoms with Crippen molar-refractivity contribution >= 4 is 29.9 Å². The molecule has 3 nitrogen and oxygen atoms in total. The summed E-state index contributed by atoms with van der Waals surface area (Å²) in [6.45, 7) is 0.267. The SMILES string of the molecule is O=S([O-])OCCCCP(c1ccccc1)c1ccccc1.[Na+]. The van der Waals surface area contributed by atoms with Crippen molar-refractivity contribution in [2.45, 2.75) is 12.8 Å². The van der Waals surface area contributed by atoms with Gasteiger partial charge in [0.2, 0.25) is 0 Å². The largest absolute Gasteiger partial charge is 1.00 e. The summed E-state index contributed by atoms with van der Waals surface area (Å²) in [5.41, 5.74) is 0. The molecule has 0 aliphatic heterocycles. The van der Waals surface area contributed by atoms with Gasteiger partial charge >= 0.3 is 29.6 Å². The monoisotopic (exact) mass is 344 g/mol. The number of benzene rings is 2. The van der Waals surface area contributed by atoms with Crippen molar-refractivity contribution in [2.24, 2.45) is 0 Å². The Balaban J connectivity index is 0.00000242. The minimum absolute atomic E-state index is 0. The quantitative estimate of drug-likeness (QED) is 0.286. The Hall–Kier alpha value is -0.0600. The topological polar surface area (TPSA) is 49.4 Å². The fourth-order valence-electron chi connectivity index (χ4n) is 2.12. The van der Waals surface area contributed by atoms with E-state index in [-0.39, 0.29) is 36.2 Å². The second-order valence-electron chi connectivity index (χ2n) is 4.56. The Bertz CT molecular complexity index is 514. The molecule has 0 fully saturated rings. The third-order valence-electron chi connectivity index (χ3n) is 3.09. The smallest absolute Gasteiger partial charge is 0.750 e. The zero-order valence-electron chi connectivity index (χ0n) is 12.7. The van der Waals surface area contributed by atoms with Gasteiger partial charge < -0.3 is 8.74 Å². The first-order chi connectivity index (χ1) is 10.3. The fraction of sp³-hybridized carbons (Fsp3) is 0.250. The average Bonchev–Trinajstić information content (AvgIpc) is 2.52. The van der Waals surface area contributed by atoms with Gasteiger partial charge in [-0.1, -0.05) is 60.7 Å². The van der Waals surface area contributed by atoms with Crippen LogP contribution in [-0.4, -0.2) is 21.5 Å². The van der Waals surface area contributed by atoms with E-state index in [4.69, 9.17) is 0 Å². The molecule has 0 spiro atoms. The third-order valence-corrected chi connectivity index (χ3v) is 6.06. The second kappa shape index (κ2) is 11.5. The number of rotatable bonds is 8. The summed E-state index contributed by atoms with van der Waals surface area (Å²) >= 11 is -2.40. The molecule has 112 valence electrons. The summed E-state index contributed by atoms with van der Waals surface area (Å²) in [7, 11) is -0.392. The molecule has 0 bridgehead atoms. The van der Waals surface area contributed by atoms with Crippen molar-refractivity contribution in [1.82, 2.24) is 0 Å². The minimum Gasteiger partial charge on any atom is -0.750 e. The molecule has 0 radical (unpaired) electrons. The number of hydrogen-bond acceptors (Lipinski definition) is 3. The minimum atomic E-state index is -2.40. The zero-order valence-corrected chi connectivity index (χ0v) is 16.4. The van der Waals surface area contributed by atoms with Gasteiger partial charge in [0.1, 0.15) is 0 Å². The molecule has 6 heteroatoms. The maximum absolute atomic E-state index is 10.3. The molecule has 0 aromatic heterocycles. The molecule has 0 N–H and O–H groups in total. The van der Waals surface area contributed by atoms with E-state index >= 15 is 0 Å². The van der Waals surface area contributed by atoms with Crippen LogP contribution in [0.2, 0.25) is 0 Å². The Morgan fingerprint density at radius 3 is 1.86 bits per heavy atom. The van der Waals surface area contributed by atoms with E-state index in [1.165, 1.54) is 10.6 Å². The number of unbranched alkanes of at least 4 members (excludes halogenated alkanes) is 1. The van der Waals surface area contributed by atoms with E-state index in [9.17, 15) is 8.76 Å². The molecule has 0 saturated heterocycles. The first-order valence-corrected chi connectivity index (χ1v) is 9.40. The maximum Gasteiger partial charge on any atom is 1.00 e. The fourth-order valence-corrected chi connectivity index (χ4v) is 4.79. The van der Waals surface area contributed by atoms with Crippen LogP contribution in [0.4, 0.5) is 0 Å². The normalized spacial score (nSPS) is 11.9. The summed E-state index contributed by atoms with van der Waals surface area (Å²) in [6.07, 6.45) is 2.75. The molecule has 22 heavy (non-hydrogen) atoms. The molecule has 1 atom stereocenters. The Labute approximate surface area is 158 Å². The second-order valence-corrected chi connectivity index (χ2v) is 7.54. The summed E-state index contributed by atoms with van der Waals surface area (Å²) in [5, 5.41) is 2.71. The maximum atomic E-state index is 10.3. The molecule has 1 unspecified atom stereocenters. The van der Waals surface area contributed by atoms with E-state index in [2.05, 4.69) is 52.7 Å². The van der Waals surface area contributed by atoms with Crippen LogP contribution in [0.3, 0.4) is 0 Å². The Morgan fingerprint density at radius 1 is 0.909 bits per heavy atom. The van der Waals surface area contributed by atoms with Crippen molar-refractivity contribution in [2.75, 3.05) is 12.8 Å². The van der Waals surface area contributed by atoms with Crippen LogP contribution in [0.15, 0.2) is 60.7 Å². The Morgan fingerprint density at radius 2 is 1.41 bits per heavy atom. The molecule has 2 aromatic carbocycles. The van der Waals surface area contributed by atoms with Crippen LogP contribution in [0.25, 0.3) is 0 Å². The third kappa shape index (κ3) is 7.01. The summed E-state index contributed by atoms with van der Waals surface area (Å²) in [4.78, 5) is 0. The van der Waals surface area contributed by atoms with Gasteiger partial charge in [-0.05, 0) is 37.5 Å². The first kappa shape index (κ1) is 20.0. The molecular formula is C16H18NaO3PS. The van der Waals surface area contributed by atoms with Crippen LogP contribution in [-0.2, 0) is 15.5 Å². The molecule has 0 amide bonds. The van der Waals surface area contributed by atoms with Crippen molar-refractivity contribution in [1.29, 1.82) is 0 Å². The van der Waals surface area contributed by atoms with E-state index in [1.54, 1.807) is 0 Å². The van der Waals surface area contributed by atoms with Gasteiger partial charge in [-0.2, -0.15) is 0 Å². The van der Waals surface area contributed by atoms with Gasteiger partial charge in [0.15, 0.2) is 0 Å². The van der Waals surface area contributed by atoms with Crippen LogP contribution < -0.4 is 40.2 Å². The van der Waals surface area contributed by atoms with Gasteiger partial charge in [-0.25, -0.2) is 4.21 Å². The van der Waals surface area contributed by atoms with Gasteiger partial charge in [0, 0.05) is 0 Å². The van der Waals surface area contributed by atoms with E-state index in [0.717, 1.165) is 19.0 Å². The number of hydrogen-bond donors (Lipinski definition) is 0. The van der Waals surface area contributed by atoms with Gasteiger partial charge in [0.05, 0.1) is 18.0 Å². The molecule has 0 aliphatic rings. The van der Waals surface area contributed by atoms with Crippen molar-refractivity contribution in [3.8, 4) is 0 Å². The van der Waals surface area contributed by atoms with Gasteiger partial charge in [0.25, 0.3) is 0 Å². The summed E-state index contributed by atoms with van der Waals surface area (Å²) in [6, 6.07) is 21.0. The van der Waals surface area contributed by atoms with Crippen LogP contribution in [0.5, 0.6) is 0 Å². The van der Waals surface area contributed by atoms with Crippen molar-refractivity contribution in [3.63, 3.8) is 0 Å². The first-order valence-electron chi connectivity index (χ1n) is 6.87. The predicted molar refractivity (Wildman–Crippen MR) is 88.0 cm³/mol. The van der Waals surface area contributed by atoms with Crippen LogP contribution >= 0.6 is 7.92 Å². The van der Waals surface area contributed by atoms with Crippen LogP contribution in [0.1, 0.15) is 12.8 Å². The molecule has 0 aliphatic carbocycles. The molecule has 0 heterocycles. The standard InChI is InChI=1S/C16H19O3PS.Na/c17-21(18)19-13-7-8-14-20(15-9-3-1-4-10-15)16-11-5-2-6-12-16;/h1-6,9-12H,7-8,13-14H2,(H,17,18);/q;+1/p-1.